The van der Waals surface area contributed by atoms with Gasteiger partial charge in [-0.1, -0.05) is 23.7 Å². The van der Waals surface area contributed by atoms with Crippen LogP contribution < -0.4 is 20.1 Å². The monoisotopic (exact) mass is 398 g/mol. The van der Waals surface area contributed by atoms with E-state index in [2.05, 4.69) is 20.8 Å². The van der Waals surface area contributed by atoms with Crippen LogP contribution in [-0.4, -0.2) is 30.3 Å². The zero-order valence-electron chi connectivity index (χ0n) is 15.4. The zero-order chi connectivity index (χ0) is 19.9. The fourth-order valence-corrected chi connectivity index (χ4v) is 2.62. The third kappa shape index (κ3) is 4.89. The number of benzene rings is 2. The van der Waals surface area contributed by atoms with Gasteiger partial charge < -0.3 is 20.1 Å². The first-order valence-corrected chi connectivity index (χ1v) is 8.82. The Hall–Kier alpha value is -3.32. The average molecular weight is 399 g/mol. The fourth-order valence-electron chi connectivity index (χ4n) is 2.45. The third-order valence-corrected chi connectivity index (χ3v) is 4.17. The van der Waals surface area contributed by atoms with Crippen LogP contribution in [0.4, 0.5) is 11.5 Å². The minimum Gasteiger partial charge on any atom is -0.497 e. The maximum absolute atomic E-state index is 12.4. The van der Waals surface area contributed by atoms with E-state index in [9.17, 15) is 4.79 Å². The molecule has 0 bridgehead atoms. The van der Waals surface area contributed by atoms with Gasteiger partial charge in [0, 0.05) is 11.6 Å². The molecule has 1 amide bonds. The van der Waals surface area contributed by atoms with Gasteiger partial charge in [-0.05, 0) is 48.0 Å². The first-order valence-electron chi connectivity index (χ1n) is 8.44. The van der Waals surface area contributed by atoms with Gasteiger partial charge >= 0.3 is 0 Å². The molecule has 0 saturated heterocycles. The van der Waals surface area contributed by atoms with Crippen molar-refractivity contribution in [2.45, 2.75) is 6.54 Å². The second-order valence-electron chi connectivity index (χ2n) is 5.80. The third-order valence-electron chi connectivity index (χ3n) is 3.94. The SMILES string of the molecule is COc1ccc(CNc2ccc(C(=O)Nc3cc(Cl)ccc3OC)nn2)cc1. The maximum atomic E-state index is 12.4. The van der Waals surface area contributed by atoms with Crippen LogP contribution in [0.3, 0.4) is 0 Å². The number of nitrogens with one attached hydrogen (secondary N) is 2. The van der Waals surface area contributed by atoms with Crippen LogP contribution in [0, 0.1) is 0 Å². The summed E-state index contributed by atoms with van der Waals surface area (Å²) >= 11 is 5.98. The van der Waals surface area contributed by atoms with Gasteiger partial charge in [0.15, 0.2) is 5.69 Å². The summed E-state index contributed by atoms with van der Waals surface area (Å²) in [6.45, 7) is 0.573. The standard InChI is InChI=1S/C20H19ClN4O3/c1-27-15-6-3-13(4-7-15)12-22-19-10-8-16(24-25-19)20(26)23-17-11-14(21)5-9-18(17)28-2/h3-11H,12H2,1-2H3,(H,22,25)(H,23,26). The second-order valence-corrected chi connectivity index (χ2v) is 6.24. The first kappa shape index (κ1) is 19.4. The quantitative estimate of drug-likeness (QED) is 0.625. The summed E-state index contributed by atoms with van der Waals surface area (Å²) in [6.07, 6.45) is 0. The molecule has 0 aliphatic rings. The van der Waals surface area contributed by atoms with E-state index in [0.29, 0.717) is 28.8 Å². The van der Waals surface area contributed by atoms with Crippen molar-refractivity contribution in [3.63, 3.8) is 0 Å². The number of hydrogen-bond donors (Lipinski definition) is 2. The molecule has 0 aliphatic heterocycles. The molecule has 0 saturated carbocycles. The van der Waals surface area contributed by atoms with E-state index in [1.54, 1.807) is 37.4 Å². The van der Waals surface area contributed by atoms with Crippen molar-refractivity contribution >= 4 is 29.0 Å². The highest BCUT2D eigenvalue weighted by molar-refractivity contribution is 6.31. The summed E-state index contributed by atoms with van der Waals surface area (Å²) in [4.78, 5) is 12.4. The molecule has 3 aromatic rings. The van der Waals surface area contributed by atoms with E-state index in [1.807, 2.05) is 24.3 Å². The van der Waals surface area contributed by atoms with Crippen molar-refractivity contribution in [1.29, 1.82) is 0 Å². The lowest BCUT2D eigenvalue weighted by molar-refractivity contribution is 0.102. The topological polar surface area (TPSA) is 85.4 Å². The summed E-state index contributed by atoms with van der Waals surface area (Å²) in [7, 11) is 3.14. The number of ether oxygens (including phenoxy) is 2. The van der Waals surface area contributed by atoms with E-state index in [-0.39, 0.29) is 5.69 Å². The lowest BCUT2D eigenvalue weighted by atomic mass is 10.2. The molecule has 1 aromatic heterocycles. The predicted molar refractivity (Wildman–Crippen MR) is 108 cm³/mol. The first-order chi connectivity index (χ1) is 13.6. The minimum absolute atomic E-state index is 0.178. The van der Waals surface area contributed by atoms with E-state index in [0.717, 1.165) is 11.3 Å². The number of amides is 1. The number of aromatic nitrogens is 2. The molecule has 3 rings (SSSR count). The Labute approximate surface area is 167 Å². The number of carbonyl (C=O) groups excluding carboxylic acids is 1. The van der Waals surface area contributed by atoms with Gasteiger partial charge in [0.25, 0.3) is 5.91 Å². The predicted octanol–water partition coefficient (Wildman–Crippen LogP) is 4.01. The van der Waals surface area contributed by atoms with Crippen LogP contribution in [0.1, 0.15) is 16.1 Å². The Morgan fingerprint density at radius 2 is 1.79 bits per heavy atom. The van der Waals surface area contributed by atoms with Crippen LogP contribution in [0.2, 0.25) is 5.02 Å². The van der Waals surface area contributed by atoms with E-state index >= 15 is 0 Å². The Bertz CT molecular complexity index is 947. The van der Waals surface area contributed by atoms with Crippen LogP contribution in [0.15, 0.2) is 54.6 Å². The second kappa shape index (κ2) is 9.05. The molecule has 0 fully saturated rings. The Kier molecular flexibility index (Phi) is 6.29. The summed E-state index contributed by atoms with van der Waals surface area (Å²) in [5.74, 6) is 1.46. The van der Waals surface area contributed by atoms with Crippen molar-refractivity contribution in [2.75, 3.05) is 24.9 Å². The maximum Gasteiger partial charge on any atom is 0.276 e. The zero-order valence-corrected chi connectivity index (χ0v) is 16.2. The van der Waals surface area contributed by atoms with Crippen molar-refractivity contribution in [2.24, 2.45) is 0 Å². The van der Waals surface area contributed by atoms with Gasteiger partial charge in [-0.3, -0.25) is 4.79 Å². The summed E-state index contributed by atoms with van der Waals surface area (Å²) < 4.78 is 10.4. The van der Waals surface area contributed by atoms with Crippen molar-refractivity contribution in [1.82, 2.24) is 10.2 Å². The molecule has 7 nitrogen and oxygen atoms in total. The van der Waals surface area contributed by atoms with Crippen molar-refractivity contribution < 1.29 is 14.3 Å². The van der Waals surface area contributed by atoms with Gasteiger partial charge in [-0.2, -0.15) is 0 Å². The molecule has 28 heavy (non-hydrogen) atoms. The number of halogens is 1. The number of nitrogens with zero attached hydrogens (tertiary/aromatic N) is 2. The van der Waals surface area contributed by atoms with Crippen LogP contribution in [-0.2, 0) is 6.54 Å². The van der Waals surface area contributed by atoms with E-state index in [1.165, 1.54) is 7.11 Å². The van der Waals surface area contributed by atoms with Gasteiger partial charge in [0.05, 0.1) is 19.9 Å². The molecular formula is C20H19ClN4O3. The van der Waals surface area contributed by atoms with Gasteiger partial charge in [0.1, 0.15) is 17.3 Å². The highest BCUT2D eigenvalue weighted by Crippen LogP contribution is 2.28. The highest BCUT2D eigenvalue weighted by Gasteiger charge is 2.12. The number of hydrogen-bond acceptors (Lipinski definition) is 6. The summed E-state index contributed by atoms with van der Waals surface area (Å²) in [5, 5.41) is 14.4. The smallest absolute Gasteiger partial charge is 0.276 e. The molecule has 2 aromatic carbocycles. The van der Waals surface area contributed by atoms with Gasteiger partial charge in [-0.15, -0.1) is 10.2 Å². The minimum atomic E-state index is -0.408. The number of anilines is 2. The number of methoxy groups -OCH3 is 2. The molecule has 0 unspecified atom stereocenters. The highest BCUT2D eigenvalue weighted by atomic mass is 35.5. The fraction of sp³-hybridized carbons (Fsp3) is 0.150. The van der Waals surface area contributed by atoms with Crippen molar-refractivity contribution in [3.8, 4) is 11.5 Å². The molecule has 2 N–H and O–H groups in total. The van der Waals surface area contributed by atoms with Gasteiger partial charge in [-0.25, -0.2) is 0 Å². The Morgan fingerprint density at radius 3 is 2.43 bits per heavy atom. The van der Waals surface area contributed by atoms with Crippen LogP contribution in [0.5, 0.6) is 11.5 Å². The molecule has 144 valence electrons. The van der Waals surface area contributed by atoms with Crippen LogP contribution >= 0.6 is 11.6 Å². The average Bonchev–Trinajstić information content (AvgIpc) is 2.73. The number of rotatable bonds is 7. The Morgan fingerprint density at radius 1 is 1.00 bits per heavy atom. The molecule has 0 aliphatic carbocycles. The normalized spacial score (nSPS) is 10.2. The van der Waals surface area contributed by atoms with E-state index < -0.39 is 5.91 Å². The Balaban J connectivity index is 1.61. The molecule has 8 heteroatoms. The molecule has 1 heterocycles. The van der Waals surface area contributed by atoms with E-state index in [4.69, 9.17) is 21.1 Å². The largest absolute Gasteiger partial charge is 0.497 e. The summed E-state index contributed by atoms with van der Waals surface area (Å²) in [6, 6.07) is 15.9. The summed E-state index contributed by atoms with van der Waals surface area (Å²) in [5.41, 5.74) is 1.71. The lowest BCUT2D eigenvalue weighted by Gasteiger charge is -2.10. The molecule has 0 radical (unpaired) electrons. The van der Waals surface area contributed by atoms with Crippen LogP contribution in [0.25, 0.3) is 0 Å². The molecular weight excluding hydrogens is 380 g/mol. The molecule has 0 atom stereocenters. The number of carbonyl (C=O) groups is 1. The van der Waals surface area contributed by atoms with Crippen molar-refractivity contribution in [3.05, 3.63) is 70.9 Å². The van der Waals surface area contributed by atoms with Gasteiger partial charge in [0.2, 0.25) is 0 Å². The lowest BCUT2D eigenvalue weighted by Crippen LogP contribution is -2.15. The molecule has 0 spiro atoms.